The van der Waals surface area contributed by atoms with Crippen LogP contribution in [0.5, 0.6) is 0 Å². The Labute approximate surface area is 143 Å². The second kappa shape index (κ2) is 6.80. The Morgan fingerprint density at radius 1 is 1.28 bits per heavy atom. The number of amides is 1. The summed E-state index contributed by atoms with van der Waals surface area (Å²) >= 11 is 0. The van der Waals surface area contributed by atoms with Crippen molar-refractivity contribution >= 4 is 5.91 Å². The van der Waals surface area contributed by atoms with Gasteiger partial charge in [-0.05, 0) is 23.3 Å². The fourth-order valence-electron chi connectivity index (χ4n) is 2.92. The molecule has 0 aliphatic carbocycles. The minimum atomic E-state index is -0.353. The minimum absolute atomic E-state index is 0.127. The molecular formula is C16H17N7O2. The normalized spacial score (nSPS) is 16.9. The zero-order valence-electron chi connectivity index (χ0n) is 13.5. The van der Waals surface area contributed by atoms with Crippen molar-refractivity contribution < 1.29 is 9.32 Å². The number of carbonyl (C=O) groups excluding carboxylic acids is 1. The Balaban J connectivity index is 1.42. The van der Waals surface area contributed by atoms with Gasteiger partial charge in [-0.2, -0.15) is 4.98 Å². The van der Waals surface area contributed by atoms with Crippen molar-refractivity contribution in [3.05, 3.63) is 42.0 Å². The molecule has 0 spiro atoms. The molecule has 0 saturated heterocycles. The number of tetrazole rings is 1. The quantitative estimate of drug-likeness (QED) is 0.762. The number of carbonyl (C=O) groups is 1. The summed E-state index contributed by atoms with van der Waals surface area (Å²) in [6, 6.07) is 9.54. The molecule has 2 aromatic heterocycles. The average Bonchev–Trinajstić information content (AvgIpc) is 3.26. The average molecular weight is 339 g/mol. The number of nitrogens with zero attached hydrogens (tertiary/aromatic N) is 6. The van der Waals surface area contributed by atoms with E-state index in [1.54, 1.807) is 4.68 Å². The van der Waals surface area contributed by atoms with Crippen LogP contribution >= 0.6 is 0 Å². The van der Waals surface area contributed by atoms with E-state index >= 15 is 0 Å². The maximum Gasteiger partial charge on any atom is 0.246 e. The molecular weight excluding hydrogens is 322 g/mol. The fourth-order valence-corrected chi connectivity index (χ4v) is 2.92. The van der Waals surface area contributed by atoms with E-state index in [9.17, 15) is 4.79 Å². The molecule has 1 aromatic carbocycles. The van der Waals surface area contributed by atoms with Gasteiger partial charge < -0.3 is 9.84 Å². The number of nitrogens with one attached hydrogen (secondary N) is 1. The number of hydrogen-bond acceptors (Lipinski definition) is 7. The molecule has 25 heavy (non-hydrogen) atoms. The molecule has 0 fully saturated rings. The molecule has 1 unspecified atom stereocenters. The largest absolute Gasteiger partial charge is 0.346 e. The zero-order chi connectivity index (χ0) is 17.1. The molecule has 1 aliphatic rings. The molecule has 4 rings (SSSR count). The van der Waals surface area contributed by atoms with Gasteiger partial charge in [0.1, 0.15) is 0 Å². The zero-order valence-corrected chi connectivity index (χ0v) is 13.5. The van der Waals surface area contributed by atoms with Crippen LogP contribution in [0, 0.1) is 0 Å². The highest BCUT2D eigenvalue weighted by atomic mass is 16.5. The van der Waals surface area contributed by atoms with Crippen LogP contribution < -0.4 is 5.32 Å². The Morgan fingerprint density at radius 2 is 2.16 bits per heavy atom. The van der Waals surface area contributed by atoms with E-state index in [4.69, 9.17) is 4.52 Å². The van der Waals surface area contributed by atoms with E-state index < -0.39 is 0 Å². The summed E-state index contributed by atoms with van der Waals surface area (Å²) < 4.78 is 6.92. The Hall–Kier alpha value is -3.10. The lowest BCUT2D eigenvalue weighted by atomic mass is 10.0. The van der Waals surface area contributed by atoms with E-state index in [0.717, 1.165) is 31.4 Å². The van der Waals surface area contributed by atoms with Gasteiger partial charge in [0, 0.05) is 12.1 Å². The first-order valence-corrected chi connectivity index (χ1v) is 8.23. The van der Waals surface area contributed by atoms with Crippen LogP contribution in [0.3, 0.4) is 0 Å². The van der Waals surface area contributed by atoms with E-state index in [-0.39, 0.29) is 18.4 Å². The Bertz CT molecular complexity index is 858. The Morgan fingerprint density at radius 3 is 3.04 bits per heavy atom. The molecule has 9 heteroatoms. The first-order chi connectivity index (χ1) is 12.3. The van der Waals surface area contributed by atoms with Crippen LogP contribution in [0.1, 0.15) is 36.9 Å². The fraction of sp³-hybridized carbons (Fsp3) is 0.375. The highest BCUT2D eigenvalue weighted by Crippen LogP contribution is 2.24. The first-order valence-electron chi connectivity index (χ1n) is 8.23. The van der Waals surface area contributed by atoms with Crippen molar-refractivity contribution in [2.45, 2.75) is 38.3 Å². The van der Waals surface area contributed by atoms with Gasteiger partial charge in [0.2, 0.25) is 17.6 Å². The predicted molar refractivity (Wildman–Crippen MR) is 86.0 cm³/mol. The summed E-state index contributed by atoms with van der Waals surface area (Å²) in [7, 11) is 0. The molecule has 1 amide bonds. The van der Waals surface area contributed by atoms with Crippen molar-refractivity contribution in [3.8, 4) is 11.4 Å². The van der Waals surface area contributed by atoms with Gasteiger partial charge in [0.05, 0.1) is 12.5 Å². The summed E-state index contributed by atoms with van der Waals surface area (Å²) in [5, 5.41) is 18.4. The second-order valence-corrected chi connectivity index (χ2v) is 5.90. The van der Waals surface area contributed by atoms with Crippen molar-refractivity contribution in [1.29, 1.82) is 0 Å². The molecule has 1 N–H and O–H groups in total. The maximum atomic E-state index is 12.6. The molecule has 0 radical (unpaired) electrons. The van der Waals surface area contributed by atoms with Gasteiger partial charge in [-0.3, -0.25) is 4.79 Å². The SMILES string of the molecule is O=C(NCc1nc(-c2ccccc2)no1)C1CCCCn2nnnc21. The van der Waals surface area contributed by atoms with Crippen LogP contribution in [0.2, 0.25) is 0 Å². The van der Waals surface area contributed by atoms with Gasteiger partial charge in [-0.1, -0.05) is 41.9 Å². The minimum Gasteiger partial charge on any atom is -0.346 e. The van der Waals surface area contributed by atoms with Crippen LogP contribution in [0.4, 0.5) is 0 Å². The van der Waals surface area contributed by atoms with Gasteiger partial charge in [0.15, 0.2) is 5.82 Å². The smallest absolute Gasteiger partial charge is 0.246 e. The van der Waals surface area contributed by atoms with Crippen molar-refractivity contribution in [2.75, 3.05) is 0 Å². The maximum absolute atomic E-state index is 12.6. The molecule has 0 saturated carbocycles. The molecule has 1 atom stereocenters. The second-order valence-electron chi connectivity index (χ2n) is 5.90. The Kier molecular flexibility index (Phi) is 4.19. The van der Waals surface area contributed by atoms with Crippen molar-refractivity contribution in [2.24, 2.45) is 0 Å². The summed E-state index contributed by atoms with van der Waals surface area (Å²) in [6.07, 6.45) is 2.64. The number of rotatable bonds is 4. The summed E-state index contributed by atoms with van der Waals surface area (Å²) in [5.41, 5.74) is 0.867. The molecule has 0 bridgehead atoms. The molecule has 1 aliphatic heterocycles. The number of fused-ring (bicyclic) bond motifs is 1. The molecule has 3 heterocycles. The van der Waals surface area contributed by atoms with E-state index in [1.165, 1.54) is 0 Å². The highest BCUT2D eigenvalue weighted by molar-refractivity contribution is 5.82. The molecule has 3 aromatic rings. The third-order valence-electron chi connectivity index (χ3n) is 4.21. The lowest BCUT2D eigenvalue weighted by molar-refractivity contribution is -0.123. The number of aromatic nitrogens is 6. The van der Waals surface area contributed by atoms with Gasteiger partial charge in [0.25, 0.3) is 0 Å². The third kappa shape index (κ3) is 3.25. The topological polar surface area (TPSA) is 112 Å². The predicted octanol–water partition coefficient (Wildman–Crippen LogP) is 1.31. The van der Waals surface area contributed by atoms with Crippen LogP contribution in [0.15, 0.2) is 34.9 Å². The standard InChI is InChI=1S/C16H17N7O2/c24-16(12-8-4-5-9-23-15(12)19-21-22-23)17-10-13-18-14(20-25-13)11-6-2-1-3-7-11/h1-3,6-7,12H,4-5,8-10H2,(H,17,24). The van der Waals surface area contributed by atoms with Gasteiger partial charge >= 0.3 is 0 Å². The monoisotopic (exact) mass is 339 g/mol. The number of hydrogen-bond donors (Lipinski definition) is 1. The van der Waals surface area contributed by atoms with Crippen LogP contribution in [0.25, 0.3) is 11.4 Å². The lowest BCUT2D eigenvalue weighted by Crippen LogP contribution is -2.30. The van der Waals surface area contributed by atoms with Crippen molar-refractivity contribution in [1.82, 2.24) is 35.7 Å². The van der Waals surface area contributed by atoms with Crippen LogP contribution in [-0.4, -0.2) is 36.3 Å². The van der Waals surface area contributed by atoms with Gasteiger partial charge in [-0.15, -0.1) is 5.10 Å². The van der Waals surface area contributed by atoms with E-state index in [0.29, 0.717) is 17.5 Å². The molecule has 128 valence electrons. The first kappa shape index (κ1) is 15.4. The summed E-state index contributed by atoms with van der Waals surface area (Å²) in [5.74, 6) is 1.00. The number of benzene rings is 1. The van der Waals surface area contributed by atoms with Gasteiger partial charge in [-0.25, -0.2) is 4.68 Å². The summed E-state index contributed by atoms with van der Waals surface area (Å²) in [6.45, 7) is 0.924. The highest BCUT2D eigenvalue weighted by Gasteiger charge is 2.28. The van der Waals surface area contributed by atoms with E-state index in [2.05, 4.69) is 31.0 Å². The molecule has 9 nitrogen and oxygen atoms in total. The van der Waals surface area contributed by atoms with Crippen LogP contribution in [-0.2, 0) is 17.9 Å². The third-order valence-corrected chi connectivity index (χ3v) is 4.21. The summed E-state index contributed by atoms with van der Waals surface area (Å²) in [4.78, 5) is 16.9. The number of aryl methyl sites for hydroxylation is 1. The van der Waals surface area contributed by atoms with E-state index in [1.807, 2.05) is 30.3 Å². The lowest BCUT2D eigenvalue weighted by Gasteiger charge is -2.12. The van der Waals surface area contributed by atoms with Crippen molar-refractivity contribution in [3.63, 3.8) is 0 Å².